The molecule has 29 heavy (non-hydrogen) atoms. The van der Waals surface area contributed by atoms with Gasteiger partial charge in [-0.1, -0.05) is 30.7 Å². The van der Waals surface area contributed by atoms with Crippen LogP contribution in [-0.2, 0) is 4.79 Å². The van der Waals surface area contributed by atoms with Gasteiger partial charge in [0.15, 0.2) is 0 Å². The first-order valence-electron chi connectivity index (χ1n) is 10.3. The van der Waals surface area contributed by atoms with Gasteiger partial charge in [0.2, 0.25) is 0 Å². The number of rotatable bonds is 8. The minimum absolute atomic E-state index is 0.251. The minimum Gasteiger partial charge on any atom is -0.351 e. The van der Waals surface area contributed by atoms with Crippen molar-refractivity contribution >= 4 is 29.2 Å². The van der Waals surface area contributed by atoms with Gasteiger partial charge in [0.05, 0.1) is 0 Å². The van der Waals surface area contributed by atoms with Crippen LogP contribution in [0, 0.1) is 6.92 Å². The summed E-state index contributed by atoms with van der Waals surface area (Å²) in [6.07, 6.45) is 6.51. The molecular weight excluding hydrogens is 382 g/mol. The highest BCUT2D eigenvalue weighted by atomic mass is 32.1. The number of benzene rings is 1. The summed E-state index contributed by atoms with van der Waals surface area (Å²) in [5.74, 6) is -0.520. The SMILES string of the molecule is Cc1ccccc1C(=O)N/C(=C\c1cccs1)C(=O)NCCCN1CCCCC1. The number of aryl methyl sites for hydroxylation is 1. The molecule has 5 nitrogen and oxygen atoms in total. The second kappa shape index (κ2) is 10.9. The molecule has 3 rings (SSSR count). The molecule has 2 amide bonds. The fourth-order valence-electron chi connectivity index (χ4n) is 3.47. The number of carbonyl (C=O) groups excluding carboxylic acids is 2. The Morgan fingerprint density at radius 2 is 1.90 bits per heavy atom. The molecular formula is C23H29N3O2S. The van der Waals surface area contributed by atoms with Crippen molar-refractivity contribution in [2.24, 2.45) is 0 Å². The van der Waals surface area contributed by atoms with E-state index in [4.69, 9.17) is 0 Å². The third-order valence-corrected chi connectivity index (χ3v) is 5.92. The van der Waals surface area contributed by atoms with Gasteiger partial charge < -0.3 is 15.5 Å². The lowest BCUT2D eigenvalue weighted by atomic mass is 10.1. The molecule has 1 aromatic heterocycles. The summed E-state index contributed by atoms with van der Waals surface area (Å²) in [4.78, 5) is 28.9. The lowest BCUT2D eigenvalue weighted by Crippen LogP contribution is -2.37. The van der Waals surface area contributed by atoms with Gasteiger partial charge in [0.1, 0.15) is 5.70 Å². The standard InChI is InChI=1S/C23H29N3O2S/c1-18-9-3-4-11-20(18)22(27)25-21(17-19-10-7-16-29-19)23(28)24-12-8-15-26-13-5-2-6-14-26/h3-4,7,9-11,16-17H,2,5-6,8,12-15H2,1H3,(H,24,28)(H,25,27)/b21-17-. The van der Waals surface area contributed by atoms with E-state index in [1.165, 1.54) is 30.6 Å². The van der Waals surface area contributed by atoms with Gasteiger partial charge in [0, 0.05) is 17.0 Å². The van der Waals surface area contributed by atoms with Crippen molar-refractivity contribution in [2.75, 3.05) is 26.2 Å². The van der Waals surface area contributed by atoms with E-state index < -0.39 is 0 Å². The summed E-state index contributed by atoms with van der Waals surface area (Å²) < 4.78 is 0. The van der Waals surface area contributed by atoms with Crippen LogP contribution in [0.1, 0.15) is 46.5 Å². The number of nitrogens with one attached hydrogen (secondary N) is 2. The van der Waals surface area contributed by atoms with Crippen LogP contribution in [0.4, 0.5) is 0 Å². The minimum atomic E-state index is -0.269. The number of nitrogens with zero attached hydrogens (tertiary/aromatic N) is 1. The molecule has 154 valence electrons. The molecule has 1 fully saturated rings. The Morgan fingerprint density at radius 1 is 1.10 bits per heavy atom. The van der Waals surface area contributed by atoms with Gasteiger partial charge >= 0.3 is 0 Å². The molecule has 1 aliphatic rings. The van der Waals surface area contributed by atoms with Crippen LogP contribution in [0.15, 0.2) is 47.5 Å². The maximum atomic E-state index is 12.8. The van der Waals surface area contributed by atoms with E-state index in [1.54, 1.807) is 12.1 Å². The Kier molecular flexibility index (Phi) is 8.02. The number of carbonyl (C=O) groups is 2. The normalized spacial score (nSPS) is 15.1. The molecule has 0 atom stereocenters. The summed E-state index contributed by atoms with van der Waals surface area (Å²) in [5.41, 5.74) is 1.73. The molecule has 1 aromatic carbocycles. The second-order valence-corrected chi connectivity index (χ2v) is 8.33. The first kappa shape index (κ1) is 21.3. The van der Waals surface area contributed by atoms with Crippen molar-refractivity contribution in [3.63, 3.8) is 0 Å². The van der Waals surface area contributed by atoms with Crippen LogP contribution in [0.25, 0.3) is 6.08 Å². The van der Waals surface area contributed by atoms with E-state index in [-0.39, 0.29) is 17.5 Å². The topological polar surface area (TPSA) is 61.4 Å². The average Bonchev–Trinajstić information content (AvgIpc) is 3.25. The third kappa shape index (κ3) is 6.54. The smallest absolute Gasteiger partial charge is 0.267 e. The van der Waals surface area contributed by atoms with E-state index in [1.807, 2.05) is 42.6 Å². The molecule has 0 bridgehead atoms. The Labute approximate surface area is 176 Å². The Bertz CT molecular complexity index is 840. The first-order chi connectivity index (χ1) is 14.1. The largest absolute Gasteiger partial charge is 0.351 e. The summed E-state index contributed by atoms with van der Waals surface area (Å²) in [6, 6.07) is 11.2. The number of amides is 2. The van der Waals surface area contributed by atoms with Crippen molar-refractivity contribution in [2.45, 2.75) is 32.6 Å². The van der Waals surface area contributed by atoms with Crippen LogP contribution in [0.2, 0.25) is 0 Å². The van der Waals surface area contributed by atoms with Crippen LogP contribution < -0.4 is 10.6 Å². The van der Waals surface area contributed by atoms with Crippen molar-refractivity contribution in [3.05, 3.63) is 63.5 Å². The van der Waals surface area contributed by atoms with Crippen LogP contribution >= 0.6 is 11.3 Å². The van der Waals surface area contributed by atoms with Crippen molar-refractivity contribution in [1.29, 1.82) is 0 Å². The molecule has 2 heterocycles. The van der Waals surface area contributed by atoms with E-state index in [0.717, 1.165) is 36.5 Å². The zero-order valence-corrected chi connectivity index (χ0v) is 17.8. The number of hydrogen-bond acceptors (Lipinski definition) is 4. The Hall–Kier alpha value is -2.44. The van der Waals surface area contributed by atoms with Crippen LogP contribution in [0.3, 0.4) is 0 Å². The van der Waals surface area contributed by atoms with E-state index >= 15 is 0 Å². The number of piperidine rings is 1. The van der Waals surface area contributed by atoms with Crippen LogP contribution in [-0.4, -0.2) is 42.9 Å². The van der Waals surface area contributed by atoms with Gasteiger partial charge in [-0.05, 0) is 75.0 Å². The summed E-state index contributed by atoms with van der Waals surface area (Å²) in [7, 11) is 0. The fourth-order valence-corrected chi connectivity index (χ4v) is 4.13. The van der Waals surface area contributed by atoms with E-state index in [2.05, 4.69) is 15.5 Å². The highest BCUT2D eigenvalue weighted by molar-refractivity contribution is 7.10. The van der Waals surface area contributed by atoms with Gasteiger partial charge in [0.25, 0.3) is 11.8 Å². The Morgan fingerprint density at radius 3 is 2.62 bits per heavy atom. The number of thiophene rings is 1. The lowest BCUT2D eigenvalue weighted by Gasteiger charge is -2.26. The molecule has 0 unspecified atom stereocenters. The predicted octanol–water partition coefficient (Wildman–Crippen LogP) is 3.82. The number of likely N-dealkylation sites (tertiary alicyclic amines) is 1. The highest BCUT2D eigenvalue weighted by Crippen LogP contribution is 2.14. The molecule has 6 heteroatoms. The summed E-state index contributed by atoms with van der Waals surface area (Å²) in [5, 5.41) is 7.72. The molecule has 0 spiro atoms. The van der Waals surface area contributed by atoms with Gasteiger partial charge in [-0.3, -0.25) is 9.59 Å². The summed E-state index contributed by atoms with van der Waals surface area (Å²) in [6.45, 7) is 5.79. The lowest BCUT2D eigenvalue weighted by molar-refractivity contribution is -0.117. The number of hydrogen-bond donors (Lipinski definition) is 2. The monoisotopic (exact) mass is 411 g/mol. The molecule has 1 aliphatic heterocycles. The molecule has 1 saturated heterocycles. The summed E-state index contributed by atoms with van der Waals surface area (Å²) >= 11 is 1.53. The third-order valence-electron chi connectivity index (χ3n) is 5.10. The van der Waals surface area contributed by atoms with Gasteiger partial charge in [-0.25, -0.2) is 0 Å². The Balaban J connectivity index is 1.60. The van der Waals surface area contributed by atoms with Gasteiger partial charge in [-0.15, -0.1) is 11.3 Å². The molecule has 2 N–H and O–H groups in total. The maximum Gasteiger partial charge on any atom is 0.267 e. The molecule has 0 aliphatic carbocycles. The maximum absolute atomic E-state index is 12.8. The van der Waals surface area contributed by atoms with E-state index in [9.17, 15) is 9.59 Å². The fraction of sp³-hybridized carbons (Fsp3) is 0.391. The first-order valence-corrected chi connectivity index (χ1v) is 11.1. The highest BCUT2D eigenvalue weighted by Gasteiger charge is 2.16. The second-order valence-electron chi connectivity index (χ2n) is 7.35. The quantitative estimate of drug-likeness (QED) is 0.513. The van der Waals surface area contributed by atoms with Crippen molar-refractivity contribution < 1.29 is 9.59 Å². The molecule has 0 radical (unpaired) electrons. The van der Waals surface area contributed by atoms with Crippen LogP contribution in [0.5, 0.6) is 0 Å². The zero-order valence-electron chi connectivity index (χ0n) is 16.9. The van der Waals surface area contributed by atoms with Crippen molar-refractivity contribution in [1.82, 2.24) is 15.5 Å². The zero-order chi connectivity index (χ0) is 20.5. The molecule has 2 aromatic rings. The molecule has 0 saturated carbocycles. The van der Waals surface area contributed by atoms with Gasteiger partial charge in [-0.2, -0.15) is 0 Å². The van der Waals surface area contributed by atoms with E-state index in [0.29, 0.717) is 12.1 Å². The predicted molar refractivity (Wildman–Crippen MR) is 119 cm³/mol. The average molecular weight is 412 g/mol. The van der Waals surface area contributed by atoms with Crippen molar-refractivity contribution in [3.8, 4) is 0 Å².